The summed E-state index contributed by atoms with van der Waals surface area (Å²) in [6, 6.07) is 3.78. The molecule has 1 rings (SSSR count). The number of hydrogen-bond donors (Lipinski definition) is 1. The summed E-state index contributed by atoms with van der Waals surface area (Å²) in [5.41, 5.74) is 6.41. The third-order valence-corrected chi connectivity index (χ3v) is 3.71. The molecule has 0 aliphatic rings. The van der Waals surface area contributed by atoms with E-state index in [-0.39, 0.29) is 6.42 Å². The highest BCUT2D eigenvalue weighted by Crippen LogP contribution is 2.27. The van der Waals surface area contributed by atoms with E-state index >= 15 is 0 Å². The molecule has 0 saturated heterocycles. The van der Waals surface area contributed by atoms with E-state index in [4.69, 9.17) is 5.73 Å². The maximum absolute atomic E-state index is 12.2. The van der Waals surface area contributed by atoms with E-state index in [2.05, 4.69) is 4.98 Å². The normalized spacial score (nSPS) is 15.3. The van der Waals surface area contributed by atoms with Crippen molar-refractivity contribution in [2.45, 2.75) is 44.4 Å². The summed E-state index contributed by atoms with van der Waals surface area (Å²) >= 11 is 0. The van der Waals surface area contributed by atoms with E-state index in [1.54, 1.807) is 12.4 Å². The van der Waals surface area contributed by atoms with Gasteiger partial charge < -0.3 is 5.73 Å². The quantitative estimate of drug-likeness (QED) is 0.839. The fraction of sp³-hybridized carbons (Fsp3) is 0.643. The topological polar surface area (TPSA) is 42.2 Å². The molecule has 3 nitrogen and oxygen atoms in total. The largest absolute Gasteiger partial charge is 0.389 e. The van der Waals surface area contributed by atoms with Crippen LogP contribution in [0, 0.1) is 0 Å². The van der Waals surface area contributed by atoms with Crippen LogP contribution in [0.15, 0.2) is 24.5 Å². The third kappa shape index (κ3) is 5.46. The second-order valence-electron chi connectivity index (χ2n) is 5.38. The van der Waals surface area contributed by atoms with Crippen molar-refractivity contribution in [3.8, 4) is 0 Å². The Morgan fingerprint density at radius 1 is 1.20 bits per heavy atom. The zero-order valence-corrected chi connectivity index (χ0v) is 12.0. The van der Waals surface area contributed by atoms with E-state index < -0.39 is 18.1 Å². The molecular weight excluding hydrogens is 267 g/mol. The molecule has 1 atom stereocenters. The number of nitrogens with two attached hydrogens (primary N) is 1. The van der Waals surface area contributed by atoms with Gasteiger partial charge in [-0.05, 0) is 44.5 Å². The standard InChI is InChI=1S/C14H22F3N3/c1-13(11-18,6-3-7-14(15,16)17)20(2)10-12-4-8-19-9-5-12/h4-5,8-9H,3,6-7,10-11,18H2,1-2H3. The van der Waals surface area contributed by atoms with Crippen molar-refractivity contribution >= 4 is 0 Å². The van der Waals surface area contributed by atoms with Gasteiger partial charge in [-0.2, -0.15) is 13.2 Å². The first-order chi connectivity index (χ1) is 9.27. The molecule has 0 aliphatic heterocycles. The van der Waals surface area contributed by atoms with Crippen LogP contribution in [-0.2, 0) is 6.54 Å². The molecule has 20 heavy (non-hydrogen) atoms. The van der Waals surface area contributed by atoms with Crippen molar-refractivity contribution in [3.63, 3.8) is 0 Å². The predicted molar refractivity (Wildman–Crippen MR) is 73.1 cm³/mol. The Hall–Kier alpha value is -1.14. The van der Waals surface area contributed by atoms with E-state index in [0.29, 0.717) is 19.5 Å². The third-order valence-electron chi connectivity index (χ3n) is 3.71. The van der Waals surface area contributed by atoms with Crippen molar-refractivity contribution in [3.05, 3.63) is 30.1 Å². The van der Waals surface area contributed by atoms with Crippen molar-refractivity contribution in [2.75, 3.05) is 13.6 Å². The molecule has 0 spiro atoms. The molecule has 0 fully saturated rings. The van der Waals surface area contributed by atoms with Gasteiger partial charge in [0.15, 0.2) is 0 Å². The number of alkyl halides is 3. The lowest BCUT2D eigenvalue weighted by molar-refractivity contribution is -0.136. The number of hydrogen-bond acceptors (Lipinski definition) is 3. The van der Waals surface area contributed by atoms with Crippen molar-refractivity contribution in [2.24, 2.45) is 5.73 Å². The Bertz CT molecular complexity index is 394. The lowest BCUT2D eigenvalue weighted by Gasteiger charge is -2.38. The van der Waals surface area contributed by atoms with Crippen LogP contribution in [0.25, 0.3) is 0 Å². The predicted octanol–water partition coefficient (Wildman–Crippen LogP) is 2.96. The number of halogens is 3. The Labute approximate surface area is 118 Å². The summed E-state index contributed by atoms with van der Waals surface area (Å²) in [5, 5.41) is 0. The van der Waals surface area contributed by atoms with Gasteiger partial charge in [-0.25, -0.2) is 0 Å². The molecular formula is C14H22F3N3. The Morgan fingerprint density at radius 3 is 2.30 bits per heavy atom. The van der Waals surface area contributed by atoms with Crippen LogP contribution in [0.5, 0.6) is 0 Å². The summed E-state index contributed by atoms with van der Waals surface area (Å²) in [7, 11) is 1.89. The monoisotopic (exact) mass is 289 g/mol. The van der Waals surface area contributed by atoms with Crippen molar-refractivity contribution in [1.82, 2.24) is 9.88 Å². The molecule has 0 aliphatic carbocycles. The van der Waals surface area contributed by atoms with Gasteiger partial charge >= 0.3 is 6.18 Å². The molecule has 0 aromatic carbocycles. The first-order valence-electron chi connectivity index (χ1n) is 6.64. The van der Waals surface area contributed by atoms with Crippen LogP contribution in [0.1, 0.15) is 31.7 Å². The van der Waals surface area contributed by atoms with Gasteiger partial charge in [-0.15, -0.1) is 0 Å². The maximum atomic E-state index is 12.2. The maximum Gasteiger partial charge on any atom is 0.389 e. The summed E-state index contributed by atoms with van der Waals surface area (Å²) in [6.45, 7) is 2.87. The van der Waals surface area contributed by atoms with Crippen LogP contribution in [0.4, 0.5) is 13.2 Å². The first-order valence-corrected chi connectivity index (χ1v) is 6.64. The van der Waals surface area contributed by atoms with Crippen molar-refractivity contribution in [1.29, 1.82) is 0 Å². The van der Waals surface area contributed by atoms with Crippen LogP contribution >= 0.6 is 0 Å². The summed E-state index contributed by atoms with van der Waals surface area (Å²) < 4.78 is 36.7. The summed E-state index contributed by atoms with van der Waals surface area (Å²) in [6.07, 6.45) is -0.938. The molecule has 114 valence electrons. The minimum atomic E-state index is -4.10. The molecule has 0 radical (unpaired) electrons. The van der Waals surface area contributed by atoms with Gasteiger partial charge in [0.25, 0.3) is 0 Å². The molecule has 6 heteroatoms. The van der Waals surface area contributed by atoms with E-state index in [9.17, 15) is 13.2 Å². The number of aromatic nitrogens is 1. The van der Waals surface area contributed by atoms with Gasteiger partial charge in [0.1, 0.15) is 0 Å². The molecule has 1 heterocycles. The highest BCUT2D eigenvalue weighted by Gasteiger charge is 2.31. The highest BCUT2D eigenvalue weighted by molar-refractivity contribution is 5.10. The number of pyridine rings is 1. The Kier molecular flexibility index (Phi) is 5.95. The zero-order valence-electron chi connectivity index (χ0n) is 12.0. The van der Waals surface area contributed by atoms with Gasteiger partial charge in [-0.3, -0.25) is 9.88 Å². The Balaban J connectivity index is 2.58. The number of rotatable bonds is 7. The van der Waals surface area contributed by atoms with Crippen molar-refractivity contribution < 1.29 is 13.2 Å². The second-order valence-corrected chi connectivity index (χ2v) is 5.38. The number of likely N-dealkylation sites (N-methyl/N-ethyl adjacent to an activating group) is 1. The van der Waals surface area contributed by atoms with Crippen LogP contribution in [0.3, 0.4) is 0 Å². The second kappa shape index (κ2) is 7.04. The summed E-state index contributed by atoms with van der Waals surface area (Å²) in [5.74, 6) is 0. The molecule has 0 saturated carbocycles. The SMILES string of the molecule is CN(Cc1ccncc1)C(C)(CN)CCCC(F)(F)F. The minimum absolute atomic E-state index is 0.0951. The zero-order chi connectivity index (χ0) is 15.2. The fourth-order valence-corrected chi connectivity index (χ4v) is 2.07. The van der Waals surface area contributed by atoms with Crippen LogP contribution in [-0.4, -0.2) is 35.2 Å². The van der Waals surface area contributed by atoms with E-state index in [0.717, 1.165) is 5.56 Å². The molecule has 0 bridgehead atoms. The Morgan fingerprint density at radius 2 is 1.80 bits per heavy atom. The average molecular weight is 289 g/mol. The lowest BCUT2D eigenvalue weighted by atomic mass is 9.92. The van der Waals surface area contributed by atoms with Crippen LogP contribution < -0.4 is 5.73 Å². The van der Waals surface area contributed by atoms with Crippen LogP contribution in [0.2, 0.25) is 0 Å². The summed E-state index contributed by atoms with van der Waals surface area (Å²) in [4.78, 5) is 5.96. The average Bonchev–Trinajstić information content (AvgIpc) is 2.38. The van der Waals surface area contributed by atoms with Gasteiger partial charge in [0, 0.05) is 37.4 Å². The van der Waals surface area contributed by atoms with E-state index in [1.807, 2.05) is 31.0 Å². The first kappa shape index (κ1) is 16.9. The highest BCUT2D eigenvalue weighted by atomic mass is 19.4. The molecule has 1 aromatic heterocycles. The molecule has 1 unspecified atom stereocenters. The van der Waals surface area contributed by atoms with E-state index in [1.165, 1.54) is 0 Å². The molecule has 2 N–H and O–H groups in total. The smallest absolute Gasteiger partial charge is 0.329 e. The molecule has 1 aromatic rings. The lowest BCUT2D eigenvalue weighted by Crippen LogP contribution is -2.49. The number of nitrogens with zero attached hydrogens (tertiary/aromatic N) is 2. The fourth-order valence-electron chi connectivity index (χ4n) is 2.07. The van der Waals surface area contributed by atoms with Gasteiger partial charge in [0.05, 0.1) is 0 Å². The molecule has 0 amide bonds. The minimum Gasteiger partial charge on any atom is -0.329 e. The van der Waals surface area contributed by atoms with Gasteiger partial charge in [-0.1, -0.05) is 0 Å². The van der Waals surface area contributed by atoms with Gasteiger partial charge in [0.2, 0.25) is 0 Å².